The lowest BCUT2D eigenvalue weighted by Gasteiger charge is -2.36. The molecule has 130 valence electrons. The van der Waals surface area contributed by atoms with Gasteiger partial charge in [0.2, 0.25) is 5.91 Å². The maximum absolute atomic E-state index is 12.9. The van der Waals surface area contributed by atoms with Crippen LogP contribution in [0.3, 0.4) is 0 Å². The highest BCUT2D eigenvalue weighted by molar-refractivity contribution is 5.90. The number of amides is 1. The highest BCUT2D eigenvalue weighted by atomic mass is 16.5. The predicted octanol–water partition coefficient (Wildman–Crippen LogP) is 0.757. The maximum atomic E-state index is 12.9. The average Bonchev–Trinajstić information content (AvgIpc) is 3.11. The fourth-order valence-electron chi connectivity index (χ4n) is 5.42. The summed E-state index contributed by atoms with van der Waals surface area (Å²) in [6.45, 7) is 7.74. The van der Waals surface area contributed by atoms with Crippen LogP contribution in [0.2, 0.25) is 0 Å². The Hall–Kier alpha value is -1.62. The summed E-state index contributed by atoms with van der Waals surface area (Å²) in [5.41, 5.74) is 0.663. The van der Waals surface area contributed by atoms with E-state index < -0.39 is 29.5 Å². The summed E-state index contributed by atoms with van der Waals surface area (Å²) in [6, 6.07) is 0. The highest BCUT2D eigenvalue weighted by Crippen LogP contribution is 2.52. The molecule has 0 N–H and O–H groups in total. The van der Waals surface area contributed by atoms with Gasteiger partial charge in [-0.15, -0.1) is 0 Å². The van der Waals surface area contributed by atoms with Crippen molar-refractivity contribution in [1.29, 1.82) is 0 Å². The van der Waals surface area contributed by atoms with Gasteiger partial charge in [0.25, 0.3) is 0 Å². The summed E-state index contributed by atoms with van der Waals surface area (Å²) in [6.07, 6.45) is 6.54. The van der Waals surface area contributed by atoms with Gasteiger partial charge in [0.05, 0.1) is 18.6 Å². The van der Waals surface area contributed by atoms with Gasteiger partial charge in [0.1, 0.15) is 5.60 Å². The molecule has 4 aliphatic rings. The van der Waals surface area contributed by atoms with Gasteiger partial charge in [0.15, 0.2) is 0 Å². The number of rotatable bonds is 3. The number of hydrogen-bond acceptors (Lipinski definition) is 4. The molecule has 0 saturated carbocycles. The first-order valence-electron chi connectivity index (χ1n) is 8.86. The quantitative estimate of drug-likeness (QED) is 0.716. The number of carbonyl (C=O) groups excluding carboxylic acids is 2. The molecule has 1 spiro atoms. The van der Waals surface area contributed by atoms with E-state index in [1.54, 1.807) is 6.08 Å². The molecule has 7 atom stereocenters. The van der Waals surface area contributed by atoms with Crippen molar-refractivity contribution in [2.45, 2.75) is 38.9 Å². The number of allylic oxidation sites excluding steroid dienone is 2. The Kier molecular flexibility index (Phi) is 3.43. The smallest absolute Gasteiger partial charge is 0.229 e. The van der Waals surface area contributed by atoms with Crippen molar-refractivity contribution in [3.05, 3.63) is 23.8 Å². The van der Waals surface area contributed by atoms with Gasteiger partial charge in [-0.25, -0.2) is 0 Å². The second kappa shape index (κ2) is 5.19. The molecular formula is C19H24NO4-. The van der Waals surface area contributed by atoms with E-state index in [2.05, 4.69) is 26.8 Å². The largest absolute Gasteiger partial charge is 0.550 e. The molecule has 1 aliphatic carbocycles. The summed E-state index contributed by atoms with van der Waals surface area (Å²) < 4.78 is 5.91. The lowest BCUT2D eigenvalue weighted by atomic mass is 9.75. The predicted molar refractivity (Wildman–Crippen MR) is 85.5 cm³/mol. The number of hydrogen-bond donors (Lipinski definition) is 0. The molecule has 0 aromatic carbocycles. The first kappa shape index (κ1) is 15.9. The van der Waals surface area contributed by atoms with E-state index in [1.807, 2.05) is 11.0 Å². The number of carboxylic acids is 1. The molecular weight excluding hydrogens is 306 g/mol. The Morgan fingerprint density at radius 1 is 1.46 bits per heavy atom. The summed E-state index contributed by atoms with van der Waals surface area (Å²) in [7, 11) is 0. The molecule has 0 aromatic rings. The number of nitrogens with zero attached hydrogens (tertiary/aromatic N) is 1. The zero-order valence-electron chi connectivity index (χ0n) is 14.4. The number of fused-ring (bicyclic) bond motifs is 1. The molecule has 24 heavy (non-hydrogen) atoms. The third kappa shape index (κ3) is 2.10. The van der Waals surface area contributed by atoms with Gasteiger partial charge in [0, 0.05) is 18.4 Å². The minimum absolute atomic E-state index is 0.0817. The molecule has 0 radical (unpaired) electrons. The molecule has 5 nitrogen and oxygen atoms in total. The van der Waals surface area contributed by atoms with Crippen molar-refractivity contribution in [2.75, 3.05) is 13.1 Å². The monoisotopic (exact) mass is 330 g/mol. The molecule has 0 aromatic heterocycles. The summed E-state index contributed by atoms with van der Waals surface area (Å²) >= 11 is 0. The summed E-state index contributed by atoms with van der Waals surface area (Å²) in [5, 5.41) is 11.5. The number of likely N-dealkylation sites (tertiary alicyclic amines) is 1. The van der Waals surface area contributed by atoms with Crippen LogP contribution in [0.25, 0.3) is 0 Å². The van der Waals surface area contributed by atoms with E-state index in [0.717, 1.165) is 6.42 Å². The van der Waals surface area contributed by atoms with Gasteiger partial charge in [-0.1, -0.05) is 37.6 Å². The fourth-order valence-corrected chi connectivity index (χ4v) is 5.42. The van der Waals surface area contributed by atoms with Crippen LogP contribution >= 0.6 is 0 Å². The zero-order chi connectivity index (χ0) is 17.2. The van der Waals surface area contributed by atoms with Crippen LogP contribution < -0.4 is 5.11 Å². The standard InChI is InChI=1S/C19H25NO4/c1-10-6-11(2)13(12(3)7-10)8-20-9-19-5-4-14(24-19)15(18(22)23)16(19)17(20)21/h4-6,11-16H,7-9H2,1-3H3,(H,22,23)/p-1/t11-,12+,13+,14+,15+,16+,19-/m1/s1. The van der Waals surface area contributed by atoms with Crippen LogP contribution in [0.4, 0.5) is 0 Å². The van der Waals surface area contributed by atoms with E-state index in [4.69, 9.17) is 4.74 Å². The Bertz CT molecular complexity index is 654. The number of carbonyl (C=O) groups is 2. The normalized spacial score (nSPS) is 46.4. The van der Waals surface area contributed by atoms with Crippen molar-refractivity contribution in [3.63, 3.8) is 0 Å². The van der Waals surface area contributed by atoms with E-state index in [-0.39, 0.29) is 5.91 Å². The molecule has 5 heteroatoms. The van der Waals surface area contributed by atoms with Gasteiger partial charge < -0.3 is 19.5 Å². The topological polar surface area (TPSA) is 69.7 Å². The maximum Gasteiger partial charge on any atom is 0.229 e. The summed E-state index contributed by atoms with van der Waals surface area (Å²) in [4.78, 5) is 26.3. The number of ether oxygens (including phenoxy) is 1. The molecule has 2 bridgehead atoms. The lowest BCUT2D eigenvalue weighted by molar-refractivity contribution is -0.313. The van der Waals surface area contributed by atoms with Crippen LogP contribution in [0.1, 0.15) is 27.2 Å². The Labute approximate surface area is 142 Å². The zero-order valence-corrected chi connectivity index (χ0v) is 14.4. The minimum Gasteiger partial charge on any atom is -0.550 e. The van der Waals surface area contributed by atoms with E-state index in [0.29, 0.717) is 30.8 Å². The van der Waals surface area contributed by atoms with Crippen LogP contribution in [0.5, 0.6) is 0 Å². The molecule has 3 aliphatic heterocycles. The fraction of sp³-hybridized carbons (Fsp3) is 0.684. The Balaban J connectivity index is 1.56. The van der Waals surface area contributed by atoms with Crippen LogP contribution in [-0.4, -0.2) is 41.6 Å². The number of carboxylic acid groups (broad SMARTS) is 1. The third-order valence-electron chi connectivity index (χ3n) is 6.48. The molecule has 2 fully saturated rings. The average molecular weight is 330 g/mol. The van der Waals surface area contributed by atoms with Crippen molar-refractivity contribution in [3.8, 4) is 0 Å². The lowest BCUT2D eigenvalue weighted by Crippen LogP contribution is -2.45. The third-order valence-corrected chi connectivity index (χ3v) is 6.48. The van der Waals surface area contributed by atoms with E-state index in [1.165, 1.54) is 5.57 Å². The number of aliphatic carboxylic acids is 1. The molecule has 2 saturated heterocycles. The second-order valence-electron chi connectivity index (χ2n) is 8.16. The van der Waals surface area contributed by atoms with Crippen molar-refractivity contribution >= 4 is 11.9 Å². The van der Waals surface area contributed by atoms with Crippen LogP contribution in [0, 0.1) is 29.6 Å². The molecule has 3 heterocycles. The van der Waals surface area contributed by atoms with E-state index >= 15 is 0 Å². The Morgan fingerprint density at radius 2 is 2.21 bits per heavy atom. The first-order valence-corrected chi connectivity index (χ1v) is 8.86. The molecule has 1 amide bonds. The van der Waals surface area contributed by atoms with Crippen LogP contribution in [0.15, 0.2) is 23.8 Å². The first-order chi connectivity index (χ1) is 11.3. The van der Waals surface area contributed by atoms with E-state index in [9.17, 15) is 14.7 Å². The minimum atomic E-state index is -1.18. The van der Waals surface area contributed by atoms with Gasteiger partial charge in [-0.2, -0.15) is 0 Å². The molecule has 4 rings (SSSR count). The van der Waals surface area contributed by atoms with Gasteiger partial charge >= 0.3 is 0 Å². The van der Waals surface area contributed by atoms with Gasteiger partial charge in [-0.05, 0) is 31.1 Å². The SMILES string of the molecule is CC1=C[C@@H](C)[C@H](CN2C[C@@]34C=C[C@H](O3)[C@H](C(=O)[O-])[C@H]4C2=O)[C@@H](C)C1. The van der Waals surface area contributed by atoms with Crippen molar-refractivity contribution in [1.82, 2.24) is 4.90 Å². The Morgan fingerprint density at radius 3 is 2.88 bits per heavy atom. The van der Waals surface area contributed by atoms with Crippen LogP contribution in [-0.2, 0) is 14.3 Å². The highest BCUT2D eigenvalue weighted by Gasteiger charge is 2.65. The van der Waals surface area contributed by atoms with Crippen molar-refractivity contribution < 1.29 is 19.4 Å². The van der Waals surface area contributed by atoms with Gasteiger partial charge in [-0.3, -0.25) is 4.79 Å². The summed E-state index contributed by atoms with van der Waals surface area (Å²) in [5.74, 6) is -1.40. The molecule has 0 unspecified atom stereocenters. The second-order valence-corrected chi connectivity index (χ2v) is 8.16. The van der Waals surface area contributed by atoms with Crippen molar-refractivity contribution in [2.24, 2.45) is 29.6 Å².